The number of nitrogens with one attached hydrogen (secondary N) is 1. The van der Waals surface area contributed by atoms with E-state index in [1.54, 1.807) is 0 Å². The fourth-order valence-electron chi connectivity index (χ4n) is 2.90. The molecule has 0 spiro atoms. The minimum Gasteiger partial charge on any atom is -0.356 e. The van der Waals surface area contributed by atoms with Crippen molar-refractivity contribution in [1.82, 2.24) is 5.32 Å². The van der Waals surface area contributed by atoms with E-state index in [9.17, 15) is 0 Å². The largest absolute Gasteiger partial charge is 0.356 e. The Bertz CT molecular complexity index is 360. The molecule has 0 aromatic rings. The van der Waals surface area contributed by atoms with Crippen molar-refractivity contribution in [2.24, 2.45) is 16.2 Å². The Kier molecular flexibility index (Phi) is 3.45. The lowest BCUT2D eigenvalue weighted by Gasteiger charge is -2.60. The summed E-state index contributed by atoms with van der Waals surface area (Å²) in [6.07, 6.45) is 0. The Morgan fingerprint density at radius 3 is 1.50 bits per heavy atom. The molecule has 0 amide bonds. The smallest absolute Gasteiger partial charge is 0.167 e. The van der Waals surface area contributed by atoms with Crippen LogP contribution in [-0.2, 0) is 4.74 Å². The maximum atomic E-state index is 5.93. The van der Waals surface area contributed by atoms with Crippen molar-refractivity contribution >= 4 is 0 Å². The van der Waals surface area contributed by atoms with Crippen molar-refractivity contribution < 1.29 is 4.74 Å². The maximum absolute atomic E-state index is 5.93. The van der Waals surface area contributed by atoms with E-state index in [1.165, 1.54) is 11.3 Å². The molecule has 0 radical (unpaired) electrons. The van der Waals surface area contributed by atoms with E-state index >= 15 is 0 Å². The Morgan fingerprint density at radius 2 is 1.28 bits per heavy atom. The molecule has 1 N–H and O–H groups in total. The van der Waals surface area contributed by atoms with Crippen molar-refractivity contribution in [2.45, 2.75) is 68.0 Å². The van der Waals surface area contributed by atoms with Crippen LogP contribution in [0.5, 0.6) is 0 Å². The molecule has 2 heteroatoms. The number of ether oxygens (including phenoxy) is 1. The Morgan fingerprint density at radius 1 is 0.833 bits per heavy atom. The Labute approximate surface area is 113 Å². The lowest BCUT2D eigenvalue weighted by molar-refractivity contribution is -0.119. The van der Waals surface area contributed by atoms with Crippen LogP contribution < -0.4 is 5.32 Å². The van der Waals surface area contributed by atoms with Crippen LogP contribution in [0.1, 0.15) is 62.3 Å². The van der Waals surface area contributed by atoms with Gasteiger partial charge in [0, 0.05) is 29.2 Å². The summed E-state index contributed by atoms with van der Waals surface area (Å²) in [5, 5.41) is 3.64. The van der Waals surface area contributed by atoms with Crippen molar-refractivity contribution in [1.29, 1.82) is 0 Å². The van der Waals surface area contributed by atoms with Gasteiger partial charge in [-0.15, -0.1) is 0 Å². The van der Waals surface area contributed by atoms with Gasteiger partial charge in [-0.3, -0.25) is 0 Å². The van der Waals surface area contributed by atoms with Gasteiger partial charge in [-0.1, -0.05) is 62.3 Å². The van der Waals surface area contributed by atoms with Crippen molar-refractivity contribution in [3.05, 3.63) is 11.3 Å². The molecule has 0 saturated carbocycles. The van der Waals surface area contributed by atoms with Gasteiger partial charge >= 0.3 is 0 Å². The van der Waals surface area contributed by atoms with Crippen LogP contribution in [0.25, 0.3) is 0 Å². The third-order valence-corrected chi connectivity index (χ3v) is 3.77. The molecule has 1 atom stereocenters. The highest BCUT2D eigenvalue weighted by atomic mass is 16.5. The van der Waals surface area contributed by atoms with E-state index in [0.717, 1.165) is 0 Å². The molecule has 1 unspecified atom stereocenters. The maximum Gasteiger partial charge on any atom is 0.167 e. The summed E-state index contributed by atoms with van der Waals surface area (Å²) in [6.45, 7) is 20.3. The number of hydrogen-bond donors (Lipinski definition) is 1. The fourth-order valence-corrected chi connectivity index (χ4v) is 2.90. The van der Waals surface area contributed by atoms with Gasteiger partial charge in [0.2, 0.25) is 0 Å². The predicted octanol–water partition coefficient (Wildman–Crippen LogP) is 4.32. The van der Waals surface area contributed by atoms with E-state index in [4.69, 9.17) is 4.74 Å². The van der Waals surface area contributed by atoms with Gasteiger partial charge in [0.15, 0.2) is 5.72 Å². The molecule has 2 nitrogen and oxygen atoms in total. The molecule has 18 heavy (non-hydrogen) atoms. The van der Waals surface area contributed by atoms with E-state index in [0.29, 0.717) is 0 Å². The molecule has 1 rings (SSSR count). The van der Waals surface area contributed by atoms with Crippen LogP contribution >= 0.6 is 0 Å². The lowest BCUT2D eigenvalue weighted by atomic mass is 9.61. The Hall–Kier alpha value is -0.500. The summed E-state index contributed by atoms with van der Waals surface area (Å²) < 4.78 is 5.93. The number of methoxy groups -OCH3 is 1. The van der Waals surface area contributed by atoms with Crippen molar-refractivity contribution in [3.63, 3.8) is 0 Å². The van der Waals surface area contributed by atoms with Gasteiger partial charge in [-0.25, -0.2) is 0 Å². The summed E-state index contributed by atoms with van der Waals surface area (Å²) in [6, 6.07) is 0. The molecule has 1 aliphatic rings. The Balaban J connectivity index is 3.44. The zero-order valence-corrected chi connectivity index (χ0v) is 13.9. The summed E-state index contributed by atoms with van der Waals surface area (Å²) in [5.41, 5.74) is 2.68. The molecule has 106 valence electrons. The summed E-state index contributed by atoms with van der Waals surface area (Å²) in [4.78, 5) is 0. The second-order valence-corrected chi connectivity index (χ2v) is 8.51. The zero-order valence-electron chi connectivity index (χ0n) is 13.9. The molecule has 0 saturated heterocycles. The molecule has 0 aromatic heterocycles. The molecule has 1 heterocycles. The van der Waals surface area contributed by atoms with Crippen LogP contribution in [0.2, 0.25) is 0 Å². The van der Waals surface area contributed by atoms with E-state index in [2.05, 4.69) is 67.6 Å². The highest BCUT2D eigenvalue weighted by Crippen LogP contribution is 2.54. The quantitative estimate of drug-likeness (QED) is 0.751. The topological polar surface area (TPSA) is 21.3 Å². The summed E-state index contributed by atoms with van der Waals surface area (Å²) in [5.74, 6) is 0. The first-order valence-corrected chi connectivity index (χ1v) is 6.86. The van der Waals surface area contributed by atoms with Crippen LogP contribution in [-0.4, -0.2) is 12.8 Å². The van der Waals surface area contributed by atoms with E-state index in [1.807, 2.05) is 7.11 Å². The monoisotopic (exact) mass is 253 g/mol. The molecular formula is C16H31NO. The normalized spacial score (nSPS) is 25.9. The van der Waals surface area contributed by atoms with Crippen LogP contribution in [0, 0.1) is 16.2 Å². The van der Waals surface area contributed by atoms with Crippen LogP contribution in [0.15, 0.2) is 11.3 Å². The SMILES string of the molecule is COC1(C(C)(C)C)NC(C(C)(C)C)=C1C(C)(C)C. The van der Waals surface area contributed by atoms with Crippen LogP contribution in [0.3, 0.4) is 0 Å². The molecular weight excluding hydrogens is 222 g/mol. The molecule has 1 aliphatic heterocycles. The van der Waals surface area contributed by atoms with Gasteiger partial charge in [0.25, 0.3) is 0 Å². The van der Waals surface area contributed by atoms with Gasteiger partial charge < -0.3 is 10.1 Å². The number of hydrogen-bond acceptors (Lipinski definition) is 2. The number of rotatable bonds is 1. The van der Waals surface area contributed by atoms with Crippen molar-refractivity contribution in [2.75, 3.05) is 7.11 Å². The first kappa shape index (κ1) is 15.6. The highest BCUT2D eigenvalue weighted by molar-refractivity contribution is 5.43. The number of allylic oxidation sites excluding steroid dienone is 1. The zero-order chi connectivity index (χ0) is 14.6. The molecule has 0 bridgehead atoms. The highest BCUT2D eigenvalue weighted by Gasteiger charge is 2.58. The fraction of sp³-hybridized carbons (Fsp3) is 0.875. The third kappa shape index (κ3) is 2.20. The predicted molar refractivity (Wildman–Crippen MR) is 78.3 cm³/mol. The second-order valence-electron chi connectivity index (χ2n) is 8.51. The average Bonchev–Trinajstić information content (AvgIpc) is 1.93. The third-order valence-electron chi connectivity index (χ3n) is 3.77. The first-order valence-electron chi connectivity index (χ1n) is 6.86. The first-order chi connectivity index (χ1) is 7.77. The summed E-state index contributed by atoms with van der Waals surface area (Å²) in [7, 11) is 1.81. The molecule has 0 fully saturated rings. The van der Waals surface area contributed by atoms with Gasteiger partial charge in [-0.2, -0.15) is 0 Å². The van der Waals surface area contributed by atoms with Gasteiger partial charge in [-0.05, 0) is 5.41 Å². The van der Waals surface area contributed by atoms with Gasteiger partial charge in [0.05, 0.1) is 0 Å². The molecule has 0 aromatic carbocycles. The lowest BCUT2D eigenvalue weighted by Crippen LogP contribution is -2.68. The van der Waals surface area contributed by atoms with Crippen molar-refractivity contribution in [3.8, 4) is 0 Å². The van der Waals surface area contributed by atoms with E-state index in [-0.39, 0.29) is 22.0 Å². The minimum absolute atomic E-state index is 0.0269. The van der Waals surface area contributed by atoms with Crippen LogP contribution in [0.4, 0.5) is 0 Å². The van der Waals surface area contributed by atoms with Gasteiger partial charge in [0.1, 0.15) is 0 Å². The summed E-state index contributed by atoms with van der Waals surface area (Å²) >= 11 is 0. The average molecular weight is 253 g/mol. The second kappa shape index (κ2) is 4.00. The molecule has 0 aliphatic carbocycles. The standard InChI is InChI=1S/C16H31NO/c1-13(2,3)11-12(14(4,5)6)17-16(11,18-10)15(7,8)9/h17H,1-10H3. The van der Waals surface area contributed by atoms with E-state index < -0.39 is 0 Å². The minimum atomic E-state index is -0.339.